The van der Waals surface area contributed by atoms with Crippen molar-refractivity contribution in [3.05, 3.63) is 77.5 Å². The molecule has 0 amide bonds. The van der Waals surface area contributed by atoms with E-state index in [1.165, 1.54) is 17.7 Å². The quantitative estimate of drug-likeness (QED) is 0.338. The minimum Gasteiger partial charge on any atom is -0.462 e. The van der Waals surface area contributed by atoms with E-state index in [0.717, 1.165) is 16.8 Å². The highest BCUT2D eigenvalue weighted by molar-refractivity contribution is 6.06. The third kappa shape index (κ3) is 3.54. The van der Waals surface area contributed by atoms with Gasteiger partial charge in [-0.05, 0) is 48.4 Å². The topological polar surface area (TPSA) is 57.5 Å². The number of nitrogens with zero attached hydrogens (tertiary/aromatic N) is 1. The van der Waals surface area contributed by atoms with Crippen molar-refractivity contribution in [2.24, 2.45) is 0 Å². The summed E-state index contributed by atoms with van der Waals surface area (Å²) in [6.45, 7) is 5.96. The molecular weight excluding hydrogens is 378 g/mol. The third-order valence-corrected chi connectivity index (χ3v) is 5.24. The van der Waals surface area contributed by atoms with Crippen LogP contribution in [-0.2, 0) is 16.1 Å². The molecule has 0 saturated carbocycles. The van der Waals surface area contributed by atoms with Gasteiger partial charge in [0.1, 0.15) is 5.75 Å². The maximum Gasteiger partial charge on any atom is 0.340 e. The molecule has 3 aromatic carbocycles. The van der Waals surface area contributed by atoms with E-state index < -0.39 is 5.97 Å². The van der Waals surface area contributed by atoms with Crippen molar-refractivity contribution in [1.82, 2.24) is 4.57 Å². The minimum atomic E-state index is -0.404. The normalized spacial score (nSPS) is 11.0. The summed E-state index contributed by atoms with van der Waals surface area (Å²) in [6.07, 6.45) is 0. The summed E-state index contributed by atoms with van der Waals surface area (Å²) in [5.41, 5.74) is 3.37. The number of aromatic nitrogens is 1. The van der Waals surface area contributed by atoms with Gasteiger partial charge in [-0.3, -0.25) is 4.79 Å². The summed E-state index contributed by atoms with van der Waals surface area (Å²) >= 11 is 0. The molecule has 0 saturated heterocycles. The number of rotatable bonds is 5. The average molecular weight is 401 g/mol. The van der Waals surface area contributed by atoms with Gasteiger partial charge in [0.15, 0.2) is 0 Å². The molecule has 0 spiro atoms. The molecule has 0 fully saturated rings. The Bertz CT molecular complexity index is 1260. The molecule has 0 atom stereocenters. The van der Waals surface area contributed by atoms with Crippen LogP contribution in [0.4, 0.5) is 0 Å². The first-order valence-corrected chi connectivity index (χ1v) is 9.94. The summed E-state index contributed by atoms with van der Waals surface area (Å²) in [6, 6.07) is 19.9. The molecule has 4 aromatic rings. The monoisotopic (exact) mass is 401 g/mol. The molecule has 0 bridgehead atoms. The number of benzene rings is 3. The van der Waals surface area contributed by atoms with E-state index >= 15 is 0 Å². The Balaban J connectivity index is 1.89. The highest BCUT2D eigenvalue weighted by Crippen LogP contribution is 2.32. The van der Waals surface area contributed by atoms with Gasteiger partial charge in [-0.15, -0.1) is 0 Å². The summed E-state index contributed by atoms with van der Waals surface area (Å²) in [5, 5.41) is 3.06. The van der Waals surface area contributed by atoms with Gasteiger partial charge in [0.2, 0.25) is 0 Å². The molecule has 0 N–H and O–H groups in total. The molecule has 0 aliphatic heterocycles. The standard InChI is InChI=1S/C25H23NO4/c1-4-29-25(28)24-16(2)26(23-13-12-20(14-22(23)24)30-17(3)27)15-19-10-7-9-18-8-5-6-11-21(18)19/h5-14H,4,15H2,1-3H3. The molecule has 0 aliphatic carbocycles. The lowest BCUT2D eigenvalue weighted by Gasteiger charge is -2.12. The maximum absolute atomic E-state index is 12.7. The van der Waals surface area contributed by atoms with Crippen molar-refractivity contribution in [3.63, 3.8) is 0 Å². The zero-order valence-corrected chi connectivity index (χ0v) is 17.3. The van der Waals surface area contributed by atoms with Crippen molar-refractivity contribution in [3.8, 4) is 5.75 Å². The summed E-state index contributed by atoms with van der Waals surface area (Å²) in [5.74, 6) is -0.376. The first-order valence-electron chi connectivity index (χ1n) is 9.94. The lowest BCUT2D eigenvalue weighted by Crippen LogP contribution is -2.08. The van der Waals surface area contributed by atoms with E-state index in [0.29, 0.717) is 23.2 Å². The number of carbonyl (C=O) groups is 2. The Kier molecular flexibility index (Phi) is 5.27. The van der Waals surface area contributed by atoms with Crippen LogP contribution in [0, 0.1) is 6.92 Å². The Morgan fingerprint density at radius 2 is 1.73 bits per heavy atom. The minimum absolute atomic E-state index is 0.290. The lowest BCUT2D eigenvalue weighted by atomic mass is 10.0. The number of hydrogen-bond donors (Lipinski definition) is 0. The second kappa shape index (κ2) is 8.03. The number of carbonyl (C=O) groups excluding carboxylic acids is 2. The van der Waals surface area contributed by atoms with E-state index in [1.807, 2.05) is 31.2 Å². The molecule has 0 aliphatic rings. The summed E-state index contributed by atoms with van der Waals surface area (Å²) in [4.78, 5) is 24.1. The molecule has 152 valence electrons. The summed E-state index contributed by atoms with van der Waals surface area (Å²) in [7, 11) is 0. The van der Waals surface area contributed by atoms with Crippen molar-refractivity contribution < 1.29 is 19.1 Å². The predicted octanol–water partition coefficient (Wildman–Crippen LogP) is 5.25. The number of fused-ring (bicyclic) bond motifs is 2. The predicted molar refractivity (Wildman–Crippen MR) is 117 cm³/mol. The van der Waals surface area contributed by atoms with Gasteiger partial charge in [0.25, 0.3) is 0 Å². The molecule has 0 radical (unpaired) electrons. The van der Waals surface area contributed by atoms with Crippen LogP contribution >= 0.6 is 0 Å². The van der Waals surface area contributed by atoms with Crippen LogP contribution in [0.1, 0.15) is 35.5 Å². The van der Waals surface area contributed by atoms with Crippen LogP contribution in [-0.4, -0.2) is 23.1 Å². The number of ether oxygens (including phenoxy) is 2. The van der Waals surface area contributed by atoms with E-state index in [4.69, 9.17) is 9.47 Å². The first-order chi connectivity index (χ1) is 14.5. The van der Waals surface area contributed by atoms with Crippen molar-refractivity contribution in [2.45, 2.75) is 27.3 Å². The van der Waals surface area contributed by atoms with Crippen LogP contribution in [0.5, 0.6) is 5.75 Å². The molecule has 0 unspecified atom stereocenters. The van der Waals surface area contributed by atoms with Gasteiger partial charge in [0.05, 0.1) is 12.2 Å². The fraction of sp³-hybridized carbons (Fsp3) is 0.200. The van der Waals surface area contributed by atoms with Crippen LogP contribution in [0.15, 0.2) is 60.7 Å². The van der Waals surface area contributed by atoms with E-state index in [2.05, 4.69) is 28.8 Å². The Morgan fingerprint density at radius 1 is 0.967 bits per heavy atom. The lowest BCUT2D eigenvalue weighted by molar-refractivity contribution is -0.131. The zero-order valence-electron chi connectivity index (χ0n) is 17.3. The third-order valence-electron chi connectivity index (χ3n) is 5.24. The molecule has 1 aromatic heterocycles. The van der Waals surface area contributed by atoms with Crippen LogP contribution in [0.2, 0.25) is 0 Å². The Labute approximate surface area is 174 Å². The van der Waals surface area contributed by atoms with Crippen molar-refractivity contribution in [2.75, 3.05) is 6.61 Å². The molecule has 5 nitrogen and oxygen atoms in total. The fourth-order valence-electron chi connectivity index (χ4n) is 3.96. The second-order valence-electron chi connectivity index (χ2n) is 7.18. The van der Waals surface area contributed by atoms with Gasteiger partial charge in [0, 0.05) is 30.1 Å². The highest BCUT2D eigenvalue weighted by Gasteiger charge is 2.22. The van der Waals surface area contributed by atoms with Gasteiger partial charge in [-0.2, -0.15) is 0 Å². The van der Waals surface area contributed by atoms with Crippen LogP contribution < -0.4 is 4.74 Å². The maximum atomic E-state index is 12.7. The zero-order chi connectivity index (χ0) is 21.3. The van der Waals surface area contributed by atoms with Crippen molar-refractivity contribution >= 4 is 33.6 Å². The van der Waals surface area contributed by atoms with Crippen molar-refractivity contribution in [1.29, 1.82) is 0 Å². The van der Waals surface area contributed by atoms with Gasteiger partial charge in [-0.1, -0.05) is 42.5 Å². The summed E-state index contributed by atoms with van der Waals surface area (Å²) < 4.78 is 12.7. The SMILES string of the molecule is CCOC(=O)c1c(C)n(Cc2cccc3ccccc23)c2ccc(OC(C)=O)cc12. The second-order valence-corrected chi connectivity index (χ2v) is 7.18. The van der Waals surface area contributed by atoms with E-state index in [1.54, 1.807) is 19.1 Å². The molecular formula is C25H23NO4. The molecule has 4 rings (SSSR count). The average Bonchev–Trinajstić information content (AvgIpc) is 2.99. The number of hydrogen-bond acceptors (Lipinski definition) is 4. The van der Waals surface area contributed by atoms with E-state index in [9.17, 15) is 9.59 Å². The molecule has 1 heterocycles. The highest BCUT2D eigenvalue weighted by atomic mass is 16.5. The smallest absolute Gasteiger partial charge is 0.340 e. The van der Waals surface area contributed by atoms with Crippen LogP contribution in [0.25, 0.3) is 21.7 Å². The first kappa shape index (κ1) is 19.7. The van der Waals surface area contributed by atoms with E-state index in [-0.39, 0.29) is 12.6 Å². The molecule has 5 heteroatoms. The number of esters is 2. The van der Waals surface area contributed by atoms with Gasteiger partial charge >= 0.3 is 11.9 Å². The van der Waals surface area contributed by atoms with Gasteiger partial charge < -0.3 is 14.0 Å². The molecule has 30 heavy (non-hydrogen) atoms. The Hall–Kier alpha value is -3.60. The van der Waals surface area contributed by atoms with Gasteiger partial charge in [-0.25, -0.2) is 4.79 Å². The largest absolute Gasteiger partial charge is 0.462 e. The fourth-order valence-corrected chi connectivity index (χ4v) is 3.96. The Morgan fingerprint density at radius 3 is 2.50 bits per heavy atom. The van der Waals surface area contributed by atoms with Crippen LogP contribution in [0.3, 0.4) is 0 Å².